The predicted molar refractivity (Wildman–Crippen MR) is 235 cm³/mol. The second-order valence-electron chi connectivity index (χ2n) is 17.4. The van der Waals surface area contributed by atoms with Gasteiger partial charge in [0, 0.05) is 44.1 Å². The molecule has 1 amide bonds. The molecule has 0 fully saturated rings. The van der Waals surface area contributed by atoms with Gasteiger partial charge in [0.1, 0.15) is 34.3 Å². The molecule has 1 N–H and O–H groups in total. The van der Waals surface area contributed by atoms with Crippen LogP contribution in [0.1, 0.15) is 128 Å². The molecule has 0 aliphatic carbocycles. The number of nitrogens with zero attached hydrogens (tertiary/aromatic N) is 8. The number of carbonyl (C=O) groups is 2. The summed E-state index contributed by atoms with van der Waals surface area (Å²) in [5.74, 6) is 2.15. The SMILES string of the molecule is Cc1sc2c(c1C)C(c1ccc(Cl)cc1)=N[C@H](CC(=O)NC(C)(C)C)c1nnc(Cc3ccc(C4=NC(CC(=O)OC(C)(C)C)c5nnc(C)n5-c5ccccc54)cc3)n1-2. The number of fused-ring (bicyclic) bond motifs is 6. The van der Waals surface area contributed by atoms with E-state index in [9.17, 15) is 9.59 Å². The Morgan fingerprint density at radius 1 is 0.767 bits per heavy atom. The molecule has 0 radical (unpaired) electrons. The smallest absolute Gasteiger partial charge is 0.308 e. The Balaban J connectivity index is 1.18. The highest BCUT2D eigenvalue weighted by atomic mass is 35.5. The summed E-state index contributed by atoms with van der Waals surface area (Å²) >= 11 is 8.01. The Kier molecular flexibility index (Phi) is 10.7. The number of hydrogen-bond acceptors (Lipinski definition) is 10. The molecule has 0 saturated carbocycles. The highest BCUT2D eigenvalue weighted by molar-refractivity contribution is 7.15. The molecular weight excluding hydrogens is 794 g/mol. The van der Waals surface area contributed by atoms with E-state index >= 15 is 0 Å². The lowest BCUT2D eigenvalue weighted by Crippen LogP contribution is -2.41. The van der Waals surface area contributed by atoms with Crippen molar-refractivity contribution in [2.75, 3.05) is 0 Å². The van der Waals surface area contributed by atoms with Crippen molar-refractivity contribution in [1.82, 2.24) is 34.8 Å². The van der Waals surface area contributed by atoms with Crippen LogP contribution in [0.15, 0.2) is 82.8 Å². The first-order valence-electron chi connectivity index (χ1n) is 20.0. The first kappa shape index (κ1) is 41.0. The molecule has 8 rings (SSSR count). The Bertz CT molecular complexity index is 2690. The molecule has 12 nitrogen and oxygen atoms in total. The lowest BCUT2D eigenvalue weighted by molar-refractivity contribution is -0.155. The van der Waals surface area contributed by atoms with Crippen molar-refractivity contribution in [2.24, 2.45) is 9.98 Å². The molecule has 3 aromatic carbocycles. The molecule has 0 bridgehead atoms. The second kappa shape index (κ2) is 15.7. The van der Waals surface area contributed by atoms with Crippen LogP contribution >= 0.6 is 22.9 Å². The maximum atomic E-state index is 13.5. The topological polar surface area (TPSA) is 142 Å². The van der Waals surface area contributed by atoms with Crippen molar-refractivity contribution in [3.63, 3.8) is 0 Å². The lowest BCUT2D eigenvalue weighted by atomic mass is 9.98. The number of thiophene rings is 1. The third-order valence-electron chi connectivity index (χ3n) is 10.4. The number of carbonyl (C=O) groups excluding carboxylic acids is 2. The molecular formula is C46H48ClN9O3S. The number of aromatic nitrogens is 6. The number of aliphatic imine (C=N–C) groups is 2. The maximum absolute atomic E-state index is 13.5. The minimum absolute atomic E-state index is 0.00886. The highest BCUT2D eigenvalue weighted by Crippen LogP contribution is 2.40. The van der Waals surface area contributed by atoms with E-state index in [-0.39, 0.29) is 24.7 Å². The number of para-hydroxylation sites is 1. The van der Waals surface area contributed by atoms with Crippen molar-refractivity contribution in [1.29, 1.82) is 0 Å². The van der Waals surface area contributed by atoms with E-state index in [2.05, 4.69) is 58.2 Å². The van der Waals surface area contributed by atoms with Gasteiger partial charge >= 0.3 is 5.97 Å². The number of hydrogen-bond donors (Lipinski definition) is 1. The number of esters is 1. The van der Waals surface area contributed by atoms with E-state index in [0.717, 1.165) is 66.2 Å². The van der Waals surface area contributed by atoms with E-state index in [1.807, 2.05) is 102 Å². The van der Waals surface area contributed by atoms with E-state index < -0.39 is 23.2 Å². The monoisotopic (exact) mass is 841 g/mol. The normalized spacial score (nSPS) is 16.0. The lowest BCUT2D eigenvalue weighted by Gasteiger charge is -2.22. The average Bonchev–Trinajstić information content (AvgIpc) is 3.79. The zero-order valence-corrected chi connectivity index (χ0v) is 36.9. The van der Waals surface area contributed by atoms with Gasteiger partial charge in [0.2, 0.25) is 5.91 Å². The van der Waals surface area contributed by atoms with Gasteiger partial charge in [-0.3, -0.25) is 28.7 Å². The van der Waals surface area contributed by atoms with Crippen LogP contribution < -0.4 is 5.32 Å². The van der Waals surface area contributed by atoms with Gasteiger partial charge in [0.25, 0.3) is 0 Å². The van der Waals surface area contributed by atoms with Crippen LogP contribution in [0.4, 0.5) is 0 Å². The quantitative estimate of drug-likeness (QED) is 0.151. The molecule has 2 aliphatic rings. The van der Waals surface area contributed by atoms with Gasteiger partial charge in [-0.05, 0) is 91.6 Å². The Morgan fingerprint density at radius 3 is 2.08 bits per heavy atom. The second-order valence-corrected chi connectivity index (χ2v) is 19.0. The van der Waals surface area contributed by atoms with E-state index in [4.69, 9.17) is 36.5 Å². The fourth-order valence-electron chi connectivity index (χ4n) is 7.73. The van der Waals surface area contributed by atoms with Crippen molar-refractivity contribution in [2.45, 2.75) is 105 Å². The summed E-state index contributed by atoms with van der Waals surface area (Å²) in [7, 11) is 0. The number of aryl methyl sites for hydroxylation is 2. The Morgan fingerprint density at radius 2 is 1.38 bits per heavy atom. The van der Waals surface area contributed by atoms with Crippen LogP contribution in [-0.2, 0) is 20.7 Å². The van der Waals surface area contributed by atoms with Crippen LogP contribution in [0.5, 0.6) is 0 Å². The minimum atomic E-state index is -0.643. The summed E-state index contributed by atoms with van der Waals surface area (Å²) in [5, 5.41) is 23.1. The summed E-state index contributed by atoms with van der Waals surface area (Å²) in [6.45, 7) is 17.6. The molecule has 3 aromatic heterocycles. The molecule has 2 atom stereocenters. The molecule has 5 heterocycles. The number of amides is 1. The highest BCUT2D eigenvalue weighted by Gasteiger charge is 2.35. The third-order valence-corrected chi connectivity index (χ3v) is 11.8. The number of halogens is 1. The number of rotatable bonds is 8. The minimum Gasteiger partial charge on any atom is -0.460 e. The zero-order valence-electron chi connectivity index (χ0n) is 35.3. The fourth-order valence-corrected chi connectivity index (χ4v) is 9.04. The van der Waals surface area contributed by atoms with Crippen molar-refractivity contribution < 1.29 is 14.3 Å². The van der Waals surface area contributed by atoms with Gasteiger partial charge in [0.15, 0.2) is 11.6 Å². The van der Waals surface area contributed by atoms with Gasteiger partial charge in [-0.1, -0.05) is 66.2 Å². The van der Waals surface area contributed by atoms with E-state index in [0.29, 0.717) is 28.9 Å². The third kappa shape index (κ3) is 8.20. The summed E-state index contributed by atoms with van der Waals surface area (Å²) in [4.78, 5) is 38.4. The largest absolute Gasteiger partial charge is 0.460 e. The molecule has 2 aliphatic heterocycles. The number of benzene rings is 3. The summed E-state index contributed by atoms with van der Waals surface area (Å²) in [6, 6.07) is 22.7. The first-order chi connectivity index (χ1) is 28.4. The van der Waals surface area contributed by atoms with Crippen LogP contribution in [-0.4, -0.2) is 64.0 Å². The van der Waals surface area contributed by atoms with Crippen LogP contribution in [0.25, 0.3) is 10.7 Å². The van der Waals surface area contributed by atoms with Crippen LogP contribution in [0, 0.1) is 20.8 Å². The van der Waals surface area contributed by atoms with Crippen LogP contribution in [0.2, 0.25) is 5.02 Å². The maximum Gasteiger partial charge on any atom is 0.308 e. The number of ether oxygens (including phenoxy) is 1. The molecule has 60 heavy (non-hydrogen) atoms. The Hall–Kier alpha value is -5.79. The van der Waals surface area contributed by atoms with Crippen LogP contribution in [0.3, 0.4) is 0 Å². The van der Waals surface area contributed by atoms with Gasteiger partial charge in [-0.25, -0.2) is 0 Å². The molecule has 6 aromatic rings. The van der Waals surface area contributed by atoms with E-state index in [1.54, 1.807) is 11.3 Å². The average molecular weight is 842 g/mol. The van der Waals surface area contributed by atoms with Gasteiger partial charge < -0.3 is 10.1 Å². The van der Waals surface area contributed by atoms with E-state index in [1.165, 1.54) is 0 Å². The molecule has 14 heteroatoms. The fraction of sp³-hybridized carbons (Fsp3) is 0.348. The molecule has 0 saturated heterocycles. The molecule has 308 valence electrons. The standard InChI is InChI=1S/C46H48ClN9O3S/c1-25-26(2)60-44-39(25)41(30-18-20-31(47)21-19-30)49-33(23-37(57)50-45(4,5)6)43-54-52-36(56(43)44)22-28-14-16-29(17-15-28)40-32-12-10-11-13-35(32)55-27(3)51-53-42(55)34(48-40)24-38(58)59-46(7,8)9/h10-21,33-34H,22-24H2,1-9H3,(H,50,57)/t33-,34?/m1/s1. The van der Waals surface area contributed by atoms with Gasteiger partial charge in [-0.2, -0.15) is 0 Å². The number of nitrogens with one attached hydrogen (secondary N) is 1. The molecule has 0 spiro atoms. The summed E-state index contributed by atoms with van der Waals surface area (Å²) in [5.41, 5.74) is 7.17. The Labute approximate surface area is 358 Å². The van der Waals surface area contributed by atoms with Gasteiger partial charge in [-0.15, -0.1) is 31.7 Å². The van der Waals surface area contributed by atoms with Crippen molar-refractivity contribution in [3.8, 4) is 10.7 Å². The first-order valence-corrected chi connectivity index (χ1v) is 21.2. The summed E-state index contributed by atoms with van der Waals surface area (Å²) in [6.07, 6.45) is 0.571. The van der Waals surface area contributed by atoms with Gasteiger partial charge in [0.05, 0.1) is 30.0 Å². The predicted octanol–water partition coefficient (Wildman–Crippen LogP) is 8.90. The summed E-state index contributed by atoms with van der Waals surface area (Å²) < 4.78 is 9.83. The molecule has 1 unspecified atom stereocenters. The van der Waals surface area contributed by atoms with Crippen molar-refractivity contribution in [3.05, 3.63) is 139 Å². The van der Waals surface area contributed by atoms with Crippen molar-refractivity contribution >= 4 is 46.2 Å². The zero-order chi connectivity index (χ0) is 42.7.